The van der Waals surface area contributed by atoms with E-state index in [-0.39, 0.29) is 11.9 Å². The fourth-order valence-corrected chi connectivity index (χ4v) is 1.30. The molecule has 1 fully saturated rings. The maximum absolute atomic E-state index is 11.1. The van der Waals surface area contributed by atoms with Crippen molar-refractivity contribution in [2.75, 3.05) is 6.61 Å². The molecular weight excluding hydrogens is 184 g/mol. The van der Waals surface area contributed by atoms with E-state index in [2.05, 4.69) is 10.8 Å². The van der Waals surface area contributed by atoms with E-state index in [0.29, 0.717) is 13.2 Å². The molecular formula is C9H12N2O3. The van der Waals surface area contributed by atoms with Gasteiger partial charge in [-0.1, -0.05) is 0 Å². The van der Waals surface area contributed by atoms with Gasteiger partial charge in [0.1, 0.15) is 17.6 Å². The molecule has 2 N–H and O–H groups in total. The Hall–Kier alpha value is -1.33. The van der Waals surface area contributed by atoms with Crippen LogP contribution in [0.1, 0.15) is 11.5 Å². The number of furan rings is 1. The van der Waals surface area contributed by atoms with E-state index in [4.69, 9.17) is 9.25 Å². The van der Waals surface area contributed by atoms with Crippen LogP contribution in [0.4, 0.5) is 0 Å². The third kappa shape index (κ3) is 1.94. The summed E-state index contributed by atoms with van der Waals surface area (Å²) in [4.78, 5) is 15.8. The monoisotopic (exact) mass is 196 g/mol. The number of hydroxylamine groups is 1. The van der Waals surface area contributed by atoms with Crippen molar-refractivity contribution in [2.24, 2.45) is 0 Å². The van der Waals surface area contributed by atoms with Gasteiger partial charge in [0.05, 0.1) is 13.2 Å². The van der Waals surface area contributed by atoms with Crippen molar-refractivity contribution in [1.82, 2.24) is 10.8 Å². The van der Waals surface area contributed by atoms with Crippen LogP contribution >= 0.6 is 0 Å². The molecule has 1 atom stereocenters. The van der Waals surface area contributed by atoms with Crippen LogP contribution in [0.15, 0.2) is 16.5 Å². The fraction of sp³-hybridized carbons (Fsp3) is 0.444. The SMILES string of the molecule is Cc1ccc(CNC2CONC2=O)o1. The van der Waals surface area contributed by atoms with E-state index >= 15 is 0 Å². The summed E-state index contributed by atoms with van der Waals surface area (Å²) in [5.41, 5.74) is 2.28. The first-order chi connectivity index (χ1) is 6.75. The van der Waals surface area contributed by atoms with Crippen molar-refractivity contribution in [2.45, 2.75) is 19.5 Å². The van der Waals surface area contributed by atoms with Crippen LogP contribution in [0.3, 0.4) is 0 Å². The zero-order valence-electron chi connectivity index (χ0n) is 7.87. The number of amides is 1. The molecule has 1 aliphatic rings. The summed E-state index contributed by atoms with van der Waals surface area (Å²) >= 11 is 0. The first kappa shape index (κ1) is 9.23. The average molecular weight is 196 g/mol. The number of nitrogens with one attached hydrogen (secondary N) is 2. The maximum atomic E-state index is 11.1. The van der Waals surface area contributed by atoms with Gasteiger partial charge in [0, 0.05) is 0 Å². The lowest BCUT2D eigenvalue weighted by molar-refractivity contribution is -0.125. The lowest BCUT2D eigenvalue weighted by atomic mass is 10.3. The van der Waals surface area contributed by atoms with Crippen LogP contribution in [0.2, 0.25) is 0 Å². The summed E-state index contributed by atoms with van der Waals surface area (Å²) in [5, 5.41) is 3.03. The van der Waals surface area contributed by atoms with E-state index in [1.54, 1.807) is 0 Å². The van der Waals surface area contributed by atoms with Crippen LogP contribution in [-0.4, -0.2) is 18.6 Å². The first-order valence-electron chi connectivity index (χ1n) is 4.46. The van der Waals surface area contributed by atoms with E-state index in [9.17, 15) is 4.79 Å². The van der Waals surface area contributed by atoms with Crippen LogP contribution in [0, 0.1) is 6.92 Å². The Morgan fingerprint density at radius 2 is 2.50 bits per heavy atom. The zero-order valence-corrected chi connectivity index (χ0v) is 7.87. The largest absolute Gasteiger partial charge is 0.465 e. The van der Waals surface area contributed by atoms with Crippen molar-refractivity contribution in [3.8, 4) is 0 Å². The Morgan fingerprint density at radius 1 is 1.64 bits per heavy atom. The van der Waals surface area contributed by atoms with Gasteiger partial charge in [0.15, 0.2) is 0 Å². The smallest absolute Gasteiger partial charge is 0.263 e. The second-order valence-electron chi connectivity index (χ2n) is 3.22. The predicted octanol–water partition coefficient (Wildman–Crippen LogP) is 0.108. The summed E-state index contributed by atoms with van der Waals surface area (Å²) in [6, 6.07) is 3.50. The molecule has 5 nitrogen and oxygen atoms in total. The van der Waals surface area contributed by atoms with Crippen molar-refractivity contribution in [3.63, 3.8) is 0 Å². The standard InChI is InChI=1S/C9H12N2O3/c1-6-2-3-7(14-6)4-10-8-5-13-11-9(8)12/h2-3,8,10H,4-5H2,1H3,(H,11,12). The molecule has 1 amide bonds. The fourth-order valence-electron chi connectivity index (χ4n) is 1.30. The number of carbonyl (C=O) groups is 1. The van der Waals surface area contributed by atoms with Gasteiger partial charge in [-0.15, -0.1) is 0 Å². The third-order valence-electron chi connectivity index (χ3n) is 2.06. The van der Waals surface area contributed by atoms with Gasteiger partial charge in [0.2, 0.25) is 0 Å². The van der Waals surface area contributed by atoms with Crippen molar-refractivity contribution >= 4 is 5.91 Å². The van der Waals surface area contributed by atoms with Crippen LogP contribution in [-0.2, 0) is 16.2 Å². The molecule has 2 heterocycles. The molecule has 1 aromatic rings. The summed E-state index contributed by atoms with van der Waals surface area (Å²) in [6.45, 7) is 2.78. The van der Waals surface area contributed by atoms with E-state index in [1.165, 1.54) is 0 Å². The maximum Gasteiger partial charge on any atom is 0.263 e. The summed E-state index contributed by atoms with van der Waals surface area (Å²) < 4.78 is 5.34. The molecule has 1 unspecified atom stereocenters. The Balaban J connectivity index is 1.85. The van der Waals surface area contributed by atoms with Crippen molar-refractivity contribution in [1.29, 1.82) is 0 Å². The van der Waals surface area contributed by atoms with Gasteiger partial charge in [-0.05, 0) is 19.1 Å². The zero-order chi connectivity index (χ0) is 9.97. The highest BCUT2D eigenvalue weighted by atomic mass is 16.7. The topological polar surface area (TPSA) is 63.5 Å². The van der Waals surface area contributed by atoms with E-state index in [1.807, 2.05) is 19.1 Å². The lowest BCUT2D eigenvalue weighted by Crippen LogP contribution is -2.37. The molecule has 1 aromatic heterocycles. The minimum Gasteiger partial charge on any atom is -0.465 e. The number of rotatable bonds is 3. The Labute approximate surface area is 81.4 Å². The van der Waals surface area contributed by atoms with Crippen LogP contribution < -0.4 is 10.8 Å². The molecule has 0 bridgehead atoms. The van der Waals surface area contributed by atoms with E-state index < -0.39 is 0 Å². The van der Waals surface area contributed by atoms with Gasteiger partial charge >= 0.3 is 0 Å². The molecule has 14 heavy (non-hydrogen) atoms. The predicted molar refractivity (Wildman–Crippen MR) is 48.2 cm³/mol. The lowest BCUT2D eigenvalue weighted by Gasteiger charge is -2.05. The Bertz CT molecular complexity index is 335. The molecule has 76 valence electrons. The summed E-state index contributed by atoms with van der Waals surface area (Å²) in [6.07, 6.45) is 0. The highest BCUT2D eigenvalue weighted by Crippen LogP contribution is 2.06. The molecule has 1 aliphatic heterocycles. The van der Waals surface area contributed by atoms with Gasteiger partial charge in [-0.25, -0.2) is 5.48 Å². The molecule has 0 aromatic carbocycles. The van der Waals surface area contributed by atoms with Gasteiger partial charge in [-0.2, -0.15) is 0 Å². The molecule has 0 spiro atoms. The molecule has 0 aliphatic carbocycles. The number of hydrogen-bond acceptors (Lipinski definition) is 4. The first-order valence-corrected chi connectivity index (χ1v) is 4.46. The van der Waals surface area contributed by atoms with Crippen LogP contribution in [0.5, 0.6) is 0 Å². The van der Waals surface area contributed by atoms with Gasteiger partial charge in [0.25, 0.3) is 5.91 Å². The molecule has 2 rings (SSSR count). The highest BCUT2D eigenvalue weighted by Gasteiger charge is 2.24. The minimum atomic E-state index is -0.277. The van der Waals surface area contributed by atoms with Gasteiger partial charge < -0.3 is 4.42 Å². The molecule has 0 radical (unpaired) electrons. The summed E-state index contributed by atoms with van der Waals surface area (Å²) in [7, 11) is 0. The van der Waals surface area contributed by atoms with Crippen LogP contribution in [0.25, 0.3) is 0 Å². The van der Waals surface area contributed by atoms with Gasteiger partial charge in [-0.3, -0.25) is 14.9 Å². The molecule has 0 saturated carbocycles. The summed E-state index contributed by atoms with van der Waals surface area (Å²) in [5.74, 6) is 1.56. The van der Waals surface area contributed by atoms with Crippen molar-refractivity contribution in [3.05, 3.63) is 23.7 Å². The van der Waals surface area contributed by atoms with E-state index in [0.717, 1.165) is 11.5 Å². The minimum absolute atomic E-state index is 0.131. The number of aryl methyl sites for hydroxylation is 1. The average Bonchev–Trinajstić information content (AvgIpc) is 2.72. The number of hydrogen-bond donors (Lipinski definition) is 2. The molecule has 1 saturated heterocycles. The third-order valence-corrected chi connectivity index (χ3v) is 2.06. The van der Waals surface area contributed by atoms with Crippen molar-refractivity contribution < 1.29 is 14.0 Å². The Morgan fingerprint density at radius 3 is 3.07 bits per heavy atom. The molecule has 5 heteroatoms. The number of carbonyl (C=O) groups excluding carboxylic acids is 1. The quantitative estimate of drug-likeness (QED) is 0.720. The normalized spacial score (nSPS) is 21.2. The highest BCUT2D eigenvalue weighted by molar-refractivity contribution is 5.82. The second kappa shape index (κ2) is 3.81. The Kier molecular flexibility index (Phi) is 2.51. The second-order valence-corrected chi connectivity index (χ2v) is 3.22.